The van der Waals surface area contributed by atoms with Crippen LogP contribution in [-0.4, -0.2) is 42.6 Å². The lowest BCUT2D eigenvalue weighted by Crippen LogP contribution is -2.32. The Bertz CT molecular complexity index is 1080. The van der Waals surface area contributed by atoms with Crippen LogP contribution in [0.25, 0.3) is 11.0 Å². The summed E-state index contributed by atoms with van der Waals surface area (Å²) in [6.07, 6.45) is 0.158. The molecule has 0 saturated carbocycles. The molecule has 1 heterocycles. The fourth-order valence-corrected chi connectivity index (χ4v) is 2.85. The lowest BCUT2D eigenvalue weighted by molar-refractivity contribution is -0.141. The highest BCUT2D eigenvalue weighted by molar-refractivity contribution is 5.95. The number of rotatable bonds is 5. The van der Waals surface area contributed by atoms with Crippen molar-refractivity contribution in [2.75, 3.05) is 20.7 Å². The summed E-state index contributed by atoms with van der Waals surface area (Å²) >= 11 is 0. The molecule has 0 aliphatic rings. The quantitative estimate of drug-likeness (QED) is 0.538. The monoisotopic (exact) mass is 381 g/mol. The molecule has 0 bridgehead atoms. The van der Waals surface area contributed by atoms with Crippen LogP contribution in [0.5, 0.6) is 5.75 Å². The predicted molar refractivity (Wildman–Crippen MR) is 102 cm³/mol. The molecule has 1 amide bonds. The Kier molecular flexibility index (Phi) is 5.44. The van der Waals surface area contributed by atoms with E-state index in [4.69, 9.17) is 4.42 Å². The Hall–Kier alpha value is -3.61. The molecule has 1 aromatic heterocycles. The maximum absolute atomic E-state index is 12.3. The number of nitrogens with zero attached hydrogens (tertiary/aromatic N) is 1. The van der Waals surface area contributed by atoms with Crippen LogP contribution in [-0.2, 0) is 16.0 Å². The summed E-state index contributed by atoms with van der Waals surface area (Å²) in [5.41, 5.74) is 0.994. The number of hydrogen-bond acceptors (Lipinski definition) is 6. The van der Waals surface area contributed by atoms with E-state index < -0.39 is 11.6 Å². The van der Waals surface area contributed by atoms with E-state index in [-0.39, 0.29) is 30.2 Å². The van der Waals surface area contributed by atoms with E-state index in [1.807, 2.05) is 0 Å². The Morgan fingerprint density at radius 1 is 1.11 bits per heavy atom. The van der Waals surface area contributed by atoms with Gasteiger partial charge >= 0.3 is 11.6 Å². The first-order chi connectivity index (χ1) is 13.4. The Labute approximate surface area is 160 Å². The summed E-state index contributed by atoms with van der Waals surface area (Å²) < 4.78 is 9.82. The molecule has 0 aliphatic carbocycles. The third-order valence-electron chi connectivity index (χ3n) is 4.40. The number of amides is 1. The second kappa shape index (κ2) is 7.96. The molecule has 0 unspecified atom stereocenters. The van der Waals surface area contributed by atoms with Gasteiger partial charge in [0.25, 0.3) is 5.91 Å². The zero-order chi connectivity index (χ0) is 20.3. The normalized spacial score (nSPS) is 10.6. The van der Waals surface area contributed by atoms with Crippen LogP contribution in [0.3, 0.4) is 0 Å². The second-order valence-corrected chi connectivity index (χ2v) is 6.32. The highest BCUT2D eigenvalue weighted by Gasteiger charge is 2.17. The minimum Gasteiger partial charge on any atom is -0.507 e. The predicted octanol–water partition coefficient (Wildman–Crippen LogP) is 2.33. The molecule has 0 atom stereocenters. The second-order valence-electron chi connectivity index (χ2n) is 6.32. The number of esters is 1. The van der Waals surface area contributed by atoms with Crippen molar-refractivity contribution in [3.63, 3.8) is 0 Å². The summed E-state index contributed by atoms with van der Waals surface area (Å²) in [6.45, 7) is -0.150. The van der Waals surface area contributed by atoms with Crippen LogP contribution >= 0.6 is 0 Å². The molecule has 1 N–H and O–H groups in total. The Balaban J connectivity index is 1.82. The van der Waals surface area contributed by atoms with Gasteiger partial charge in [0.15, 0.2) is 0 Å². The number of carbonyl (C=O) groups excluding carboxylic acids is 2. The van der Waals surface area contributed by atoms with Gasteiger partial charge in [-0.3, -0.25) is 9.59 Å². The highest BCUT2D eigenvalue weighted by atomic mass is 16.5. The van der Waals surface area contributed by atoms with E-state index in [2.05, 4.69) is 4.74 Å². The van der Waals surface area contributed by atoms with Gasteiger partial charge in [0, 0.05) is 19.0 Å². The fourth-order valence-electron chi connectivity index (χ4n) is 2.85. The zero-order valence-electron chi connectivity index (χ0n) is 15.5. The van der Waals surface area contributed by atoms with E-state index >= 15 is 0 Å². The van der Waals surface area contributed by atoms with Crippen LogP contribution in [0, 0.1) is 0 Å². The third kappa shape index (κ3) is 3.88. The topological polar surface area (TPSA) is 97.1 Å². The van der Waals surface area contributed by atoms with E-state index in [1.54, 1.807) is 48.5 Å². The first-order valence-corrected chi connectivity index (χ1v) is 8.55. The molecule has 0 saturated heterocycles. The SMILES string of the molecule is COC(=O)CN(C)C(=O)c1ccc(Cc2c(O)c3ccccc3oc2=O)cc1. The Morgan fingerprint density at radius 3 is 2.46 bits per heavy atom. The van der Waals surface area contributed by atoms with Gasteiger partial charge in [0.05, 0.1) is 18.1 Å². The van der Waals surface area contributed by atoms with Crippen molar-refractivity contribution in [1.29, 1.82) is 0 Å². The van der Waals surface area contributed by atoms with Crippen LogP contribution < -0.4 is 5.63 Å². The van der Waals surface area contributed by atoms with Crippen LogP contribution in [0.4, 0.5) is 0 Å². The molecule has 7 heteroatoms. The standard InChI is InChI=1S/C21H19NO6/c1-22(12-18(23)27-2)20(25)14-9-7-13(8-10-14)11-16-19(24)15-5-3-4-6-17(15)28-21(16)26/h3-10,24H,11-12H2,1-2H3. The highest BCUT2D eigenvalue weighted by Crippen LogP contribution is 2.27. The smallest absolute Gasteiger partial charge is 0.343 e. The maximum atomic E-state index is 12.3. The summed E-state index contributed by atoms with van der Waals surface area (Å²) in [6, 6.07) is 13.3. The number of likely N-dealkylation sites (N-methyl/N-ethyl adjacent to an activating group) is 1. The van der Waals surface area contributed by atoms with Crippen molar-refractivity contribution in [2.24, 2.45) is 0 Å². The Morgan fingerprint density at radius 2 is 1.79 bits per heavy atom. The van der Waals surface area contributed by atoms with E-state index in [9.17, 15) is 19.5 Å². The molecule has 3 rings (SSSR count). The molecular weight excluding hydrogens is 362 g/mol. The van der Waals surface area contributed by atoms with Crippen LogP contribution in [0.1, 0.15) is 21.5 Å². The number of carbonyl (C=O) groups is 2. The molecule has 3 aromatic rings. The van der Waals surface area contributed by atoms with Crippen LogP contribution in [0.15, 0.2) is 57.7 Å². The average molecular weight is 381 g/mol. The minimum absolute atomic E-state index is 0.107. The largest absolute Gasteiger partial charge is 0.507 e. The molecule has 0 fully saturated rings. The van der Waals surface area contributed by atoms with Gasteiger partial charge in [0.2, 0.25) is 0 Å². The third-order valence-corrected chi connectivity index (χ3v) is 4.40. The van der Waals surface area contributed by atoms with Crippen molar-refractivity contribution in [3.05, 3.63) is 75.6 Å². The van der Waals surface area contributed by atoms with Crippen molar-refractivity contribution >= 4 is 22.8 Å². The number of para-hydroxylation sites is 1. The van der Waals surface area contributed by atoms with Gasteiger partial charge < -0.3 is 19.2 Å². The first-order valence-electron chi connectivity index (χ1n) is 8.55. The van der Waals surface area contributed by atoms with Gasteiger partial charge in [-0.2, -0.15) is 0 Å². The number of fused-ring (bicyclic) bond motifs is 1. The van der Waals surface area contributed by atoms with Gasteiger partial charge in [0.1, 0.15) is 17.9 Å². The van der Waals surface area contributed by atoms with E-state index in [0.717, 1.165) is 5.56 Å². The van der Waals surface area contributed by atoms with Crippen molar-refractivity contribution < 1.29 is 23.8 Å². The zero-order valence-corrected chi connectivity index (χ0v) is 15.5. The average Bonchev–Trinajstić information content (AvgIpc) is 2.70. The van der Waals surface area contributed by atoms with Gasteiger partial charge in [-0.05, 0) is 29.8 Å². The lowest BCUT2D eigenvalue weighted by atomic mass is 10.0. The van der Waals surface area contributed by atoms with Gasteiger partial charge in [-0.1, -0.05) is 24.3 Å². The lowest BCUT2D eigenvalue weighted by Gasteiger charge is -2.15. The number of aromatic hydroxyl groups is 1. The minimum atomic E-state index is -0.603. The van der Waals surface area contributed by atoms with Crippen molar-refractivity contribution in [3.8, 4) is 5.75 Å². The number of methoxy groups -OCH3 is 1. The molecule has 2 aromatic carbocycles. The molecule has 7 nitrogen and oxygen atoms in total. The molecule has 0 aliphatic heterocycles. The van der Waals surface area contributed by atoms with Crippen molar-refractivity contribution in [1.82, 2.24) is 4.90 Å². The fraction of sp³-hybridized carbons (Fsp3) is 0.190. The summed E-state index contributed by atoms with van der Waals surface area (Å²) in [4.78, 5) is 37.1. The molecule has 28 heavy (non-hydrogen) atoms. The van der Waals surface area contributed by atoms with Gasteiger partial charge in [-0.15, -0.1) is 0 Å². The van der Waals surface area contributed by atoms with Crippen LogP contribution in [0.2, 0.25) is 0 Å². The molecule has 144 valence electrons. The summed E-state index contributed by atoms with van der Waals surface area (Å²) in [5, 5.41) is 10.9. The molecule has 0 spiro atoms. The van der Waals surface area contributed by atoms with E-state index in [0.29, 0.717) is 16.5 Å². The summed E-state index contributed by atoms with van der Waals surface area (Å²) in [7, 11) is 2.76. The number of ether oxygens (including phenoxy) is 1. The van der Waals surface area contributed by atoms with E-state index in [1.165, 1.54) is 19.1 Å². The number of benzene rings is 2. The number of hydrogen-bond donors (Lipinski definition) is 1. The molecular formula is C21H19NO6. The summed E-state index contributed by atoms with van der Waals surface area (Å²) in [5.74, 6) is -0.944. The molecule has 0 radical (unpaired) electrons. The first kappa shape index (κ1) is 19.2. The maximum Gasteiger partial charge on any atom is 0.343 e. The van der Waals surface area contributed by atoms with Gasteiger partial charge in [-0.25, -0.2) is 4.79 Å². The van der Waals surface area contributed by atoms with Crippen molar-refractivity contribution in [2.45, 2.75) is 6.42 Å².